The number of rotatable bonds is 10. The third-order valence-electron chi connectivity index (χ3n) is 3.52. The Morgan fingerprint density at radius 3 is 2.64 bits per heavy atom. The Hall–Kier alpha value is -2.87. The third kappa shape index (κ3) is 7.40. The van der Waals surface area contributed by atoms with E-state index in [4.69, 9.17) is 21.2 Å². The molecule has 0 fully saturated rings. The zero-order valence-corrected chi connectivity index (χ0v) is 15.8. The lowest BCUT2D eigenvalue weighted by molar-refractivity contribution is -0.125. The molecule has 1 N–H and O–H groups in total. The number of hydrogen-bond acceptors (Lipinski definition) is 5. The number of hydrogen-bond donors (Lipinski definition) is 1. The quantitative estimate of drug-likeness (QED) is 0.477. The number of nitrogens with one attached hydrogen (secondary N) is 1. The van der Waals surface area contributed by atoms with Gasteiger partial charge in [0.05, 0.1) is 13.3 Å². The predicted molar refractivity (Wildman–Crippen MR) is 101 cm³/mol. The Kier molecular flexibility index (Phi) is 8.48. The van der Waals surface area contributed by atoms with Gasteiger partial charge in [-0.1, -0.05) is 28.9 Å². The van der Waals surface area contributed by atoms with Crippen LogP contribution >= 0.6 is 11.6 Å². The smallest absolute Gasteiger partial charge is 0.387 e. The monoisotopic (exact) mass is 412 g/mol. The van der Waals surface area contributed by atoms with Gasteiger partial charge in [0, 0.05) is 17.1 Å². The van der Waals surface area contributed by atoms with Crippen LogP contribution in [0.15, 0.2) is 47.6 Å². The summed E-state index contributed by atoms with van der Waals surface area (Å²) in [5.41, 5.74) is 1.58. The van der Waals surface area contributed by atoms with Crippen LogP contribution in [0.2, 0.25) is 5.02 Å². The highest BCUT2D eigenvalue weighted by molar-refractivity contribution is 6.30. The molecule has 2 aromatic carbocycles. The zero-order valence-electron chi connectivity index (χ0n) is 15.0. The Morgan fingerprint density at radius 2 is 1.96 bits per heavy atom. The molecule has 0 saturated heterocycles. The average molecular weight is 413 g/mol. The summed E-state index contributed by atoms with van der Waals surface area (Å²) >= 11 is 5.81. The predicted octanol–water partition coefficient (Wildman–Crippen LogP) is 3.66. The number of nitrogens with zero attached hydrogens (tertiary/aromatic N) is 1. The molecule has 2 rings (SSSR count). The minimum absolute atomic E-state index is 0.0874. The molecule has 0 spiro atoms. The first-order chi connectivity index (χ1) is 13.5. The number of halogens is 3. The van der Waals surface area contributed by atoms with Crippen LogP contribution in [-0.2, 0) is 16.1 Å². The maximum Gasteiger partial charge on any atom is 0.387 e. The van der Waals surface area contributed by atoms with Crippen molar-refractivity contribution in [3.8, 4) is 11.5 Å². The molecule has 2 aromatic rings. The summed E-state index contributed by atoms with van der Waals surface area (Å²) in [5.74, 6) is -0.274. The summed E-state index contributed by atoms with van der Waals surface area (Å²) in [6.07, 6.45) is 1.99. The summed E-state index contributed by atoms with van der Waals surface area (Å²) in [7, 11) is 1.33. The van der Waals surface area contributed by atoms with Gasteiger partial charge in [0.15, 0.2) is 18.1 Å². The molecule has 0 aliphatic heterocycles. The van der Waals surface area contributed by atoms with Gasteiger partial charge in [-0.2, -0.15) is 8.78 Å². The lowest BCUT2D eigenvalue weighted by atomic mass is 10.1. The number of ether oxygens (including phenoxy) is 2. The SMILES string of the molecule is COc1cc(C=NOCC(=O)NCCc2ccc(Cl)cc2)ccc1OC(F)F. The second-order valence-corrected chi connectivity index (χ2v) is 5.96. The Bertz CT molecular complexity index is 801. The van der Waals surface area contributed by atoms with Crippen LogP contribution in [0.1, 0.15) is 11.1 Å². The molecule has 1 amide bonds. The molecule has 0 saturated carbocycles. The minimum Gasteiger partial charge on any atom is -0.493 e. The summed E-state index contributed by atoms with van der Waals surface area (Å²) in [4.78, 5) is 16.6. The average Bonchev–Trinajstić information content (AvgIpc) is 2.67. The first-order valence-corrected chi connectivity index (χ1v) is 8.65. The number of alkyl halides is 2. The first kappa shape index (κ1) is 21.4. The molecule has 0 aromatic heterocycles. The van der Waals surface area contributed by atoms with Crippen molar-refractivity contribution in [3.05, 3.63) is 58.6 Å². The number of oxime groups is 1. The van der Waals surface area contributed by atoms with Gasteiger partial charge in [0.2, 0.25) is 0 Å². The fraction of sp³-hybridized carbons (Fsp3) is 0.263. The van der Waals surface area contributed by atoms with Crippen LogP contribution in [0.3, 0.4) is 0 Å². The van der Waals surface area contributed by atoms with E-state index in [1.165, 1.54) is 31.5 Å². The highest BCUT2D eigenvalue weighted by Gasteiger charge is 2.10. The van der Waals surface area contributed by atoms with Gasteiger partial charge >= 0.3 is 6.61 Å². The molecule has 0 unspecified atom stereocenters. The van der Waals surface area contributed by atoms with Crippen molar-refractivity contribution in [1.29, 1.82) is 0 Å². The number of carbonyl (C=O) groups is 1. The standard InChI is InChI=1S/C19H19ClF2N2O4/c1-26-17-10-14(4-7-16(17)28-19(21)22)11-24-27-12-18(25)23-9-8-13-2-5-15(20)6-3-13/h2-7,10-11,19H,8-9,12H2,1H3,(H,23,25). The van der Waals surface area contributed by atoms with Crippen molar-refractivity contribution in [2.24, 2.45) is 5.16 Å². The Morgan fingerprint density at radius 1 is 1.21 bits per heavy atom. The van der Waals surface area contributed by atoms with Gasteiger partial charge in [-0.15, -0.1) is 0 Å². The molecule has 28 heavy (non-hydrogen) atoms. The summed E-state index contributed by atoms with van der Waals surface area (Å²) in [6, 6.07) is 11.6. The van der Waals surface area contributed by atoms with Crippen molar-refractivity contribution >= 4 is 23.7 Å². The van der Waals surface area contributed by atoms with Crippen LogP contribution < -0.4 is 14.8 Å². The van der Waals surface area contributed by atoms with Crippen LogP contribution in [0, 0.1) is 0 Å². The van der Waals surface area contributed by atoms with E-state index in [1.54, 1.807) is 12.1 Å². The molecule has 0 bridgehead atoms. The van der Waals surface area contributed by atoms with E-state index in [2.05, 4.69) is 15.2 Å². The van der Waals surface area contributed by atoms with E-state index in [1.807, 2.05) is 12.1 Å². The normalized spacial score (nSPS) is 10.9. The molecule has 9 heteroatoms. The van der Waals surface area contributed by atoms with Gasteiger partial charge in [-0.05, 0) is 42.3 Å². The Balaban J connectivity index is 1.73. The van der Waals surface area contributed by atoms with Gasteiger partial charge in [0.1, 0.15) is 0 Å². The molecule has 6 nitrogen and oxygen atoms in total. The number of benzene rings is 2. The van der Waals surface area contributed by atoms with E-state index in [0.29, 0.717) is 23.6 Å². The molecule has 0 heterocycles. The molecule has 0 atom stereocenters. The maximum atomic E-state index is 12.3. The largest absolute Gasteiger partial charge is 0.493 e. The van der Waals surface area contributed by atoms with Crippen LogP contribution in [0.25, 0.3) is 0 Å². The van der Waals surface area contributed by atoms with E-state index in [-0.39, 0.29) is 24.0 Å². The van der Waals surface area contributed by atoms with Crippen molar-refractivity contribution < 1.29 is 27.9 Å². The third-order valence-corrected chi connectivity index (χ3v) is 3.78. The van der Waals surface area contributed by atoms with Gasteiger partial charge in [-0.25, -0.2) is 0 Å². The van der Waals surface area contributed by atoms with Crippen LogP contribution in [0.5, 0.6) is 11.5 Å². The molecular formula is C19H19ClF2N2O4. The fourth-order valence-electron chi connectivity index (χ4n) is 2.20. The zero-order chi connectivity index (χ0) is 20.4. The number of carbonyl (C=O) groups excluding carboxylic acids is 1. The molecular weight excluding hydrogens is 394 g/mol. The van der Waals surface area contributed by atoms with Gasteiger partial charge in [0.25, 0.3) is 5.91 Å². The van der Waals surface area contributed by atoms with Crippen molar-refractivity contribution in [3.63, 3.8) is 0 Å². The van der Waals surface area contributed by atoms with E-state index < -0.39 is 6.61 Å². The second kappa shape index (κ2) is 11.1. The topological polar surface area (TPSA) is 69.2 Å². The number of amides is 1. The number of methoxy groups -OCH3 is 1. The molecule has 0 aliphatic carbocycles. The Labute approximate surface area is 166 Å². The molecule has 150 valence electrons. The van der Waals surface area contributed by atoms with Crippen molar-refractivity contribution in [2.75, 3.05) is 20.3 Å². The highest BCUT2D eigenvalue weighted by Crippen LogP contribution is 2.28. The van der Waals surface area contributed by atoms with Crippen molar-refractivity contribution in [2.45, 2.75) is 13.0 Å². The van der Waals surface area contributed by atoms with Crippen molar-refractivity contribution in [1.82, 2.24) is 5.32 Å². The summed E-state index contributed by atoms with van der Waals surface area (Å²) in [6.45, 7) is -2.74. The van der Waals surface area contributed by atoms with E-state index in [0.717, 1.165) is 5.56 Å². The minimum atomic E-state index is -2.95. The summed E-state index contributed by atoms with van der Waals surface area (Å²) < 4.78 is 33.9. The fourth-order valence-corrected chi connectivity index (χ4v) is 2.33. The maximum absolute atomic E-state index is 12.3. The van der Waals surface area contributed by atoms with Crippen LogP contribution in [-0.4, -0.2) is 39.0 Å². The van der Waals surface area contributed by atoms with E-state index >= 15 is 0 Å². The van der Waals surface area contributed by atoms with Gasteiger partial charge in [-0.3, -0.25) is 4.79 Å². The highest BCUT2D eigenvalue weighted by atomic mass is 35.5. The first-order valence-electron chi connectivity index (χ1n) is 8.27. The van der Waals surface area contributed by atoms with E-state index in [9.17, 15) is 13.6 Å². The molecule has 0 radical (unpaired) electrons. The lowest BCUT2D eigenvalue weighted by Gasteiger charge is -2.09. The second-order valence-electron chi connectivity index (χ2n) is 5.52. The summed E-state index contributed by atoms with van der Waals surface area (Å²) in [5, 5.41) is 7.05. The van der Waals surface area contributed by atoms with Gasteiger partial charge < -0.3 is 19.6 Å². The lowest BCUT2D eigenvalue weighted by Crippen LogP contribution is -2.28. The van der Waals surface area contributed by atoms with Crippen LogP contribution in [0.4, 0.5) is 8.78 Å². The molecule has 0 aliphatic rings.